The second kappa shape index (κ2) is 7.24. The van der Waals surface area contributed by atoms with Crippen molar-refractivity contribution in [1.82, 2.24) is 5.32 Å². The molecule has 0 fully saturated rings. The number of hydrogen-bond donors (Lipinski definition) is 3. The van der Waals surface area contributed by atoms with E-state index in [2.05, 4.69) is 10.6 Å². The van der Waals surface area contributed by atoms with Gasteiger partial charge < -0.3 is 15.7 Å². The van der Waals surface area contributed by atoms with E-state index in [4.69, 9.17) is 10.4 Å². The van der Waals surface area contributed by atoms with E-state index in [1.165, 1.54) is 12.1 Å². The molecule has 0 saturated carbocycles. The summed E-state index contributed by atoms with van der Waals surface area (Å²) in [6, 6.07) is 3.43. The van der Waals surface area contributed by atoms with E-state index < -0.39 is 23.9 Å². The number of anilines is 1. The lowest BCUT2D eigenvalue weighted by atomic mass is 10.0. The van der Waals surface area contributed by atoms with E-state index >= 15 is 0 Å². The third-order valence-corrected chi connectivity index (χ3v) is 2.66. The Bertz CT molecular complexity index is 581. The van der Waals surface area contributed by atoms with E-state index in [-0.39, 0.29) is 23.6 Å². The van der Waals surface area contributed by atoms with Crippen LogP contribution in [0.3, 0.4) is 0 Å². The molecule has 0 radical (unpaired) electrons. The van der Waals surface area contributed by atoms with Gasteiger partial charge in [-0.3, -0.25) is 0 Å². The normalized spacial score (nSPS) is 11.6. The van der Waals surface area contributed by atoms with Gasteiger partial charge >= 0.3 is 12.0 Å². The fraction of sp³-hybridized carbons (Fsp3) is 0.357. The largest absolute Gasteiger partial charge is 0.480 e. The van der Waals surface area contributed by atoms with Crippen molar-refractivity contribution in [3.63, 3.8) is 0 Å². The number of carboxylic acid groups (broad SMARTS) is 1. The zero-order chi connectivity index (χ0) is 16.0. The number of aliphatic carboxylic acids is 1. The van der Waals surface area contributed by atoms with Crippen LogP contribution in [0.15, 0.2) is 18.2 Å². The summed E-state index contributed by atoms with van der Waals surface area (Å²) in [5.74, 6) is -1.72. The number of urea groups is 1. The van der Waals surface area contributed by atoms with Crippen LogP contribution >= 0.6 is 0 Å². The van der Waals surface area contributed by atoms with Crippen LogP contribution in [0.5, 0.6) is 0 Å². The highest BCUT2D eigenvalue weighted by Crippen LogP contribution is 2.14. The van der Waals surface area contributed by atoms with Crippen LogP contribution < -0.4 is 10.6 Å². The molecule has 1 aromatic rings. The average molecular weight is 293 g/mol. The number of carbonyl (C=O) groups excluding carboxylic acids is 1. The van der Waals surface area contributed by atoms with Crippen molar-refractivity contribution in [3.8, 4) is 6.07 Å². The zero-order valence-corrected chi connectivity index (χ0v) is 11.7. The van der Waals surface area contributed by atoms with Gasteiger partial charge in [-0.1, -0.05) is 13.8 Å². The Hall–Kier alpha value is -2.62. The van der Waals surface area contributed by atoms with Crippen LogP contribution in [0.4, 0.5) is 14.9 Å². The maximum absolute atomic E-state index is 13.1. The van der Waals surface area contributed by atoms with Gasteiger partial charge in [-0.25, -0.2) is 14.0 Å². The molecular weight excluding hydrogens is 277 g/mol. The number of benzene rings is 1. The Kier molecular flexibility index (Phi) is 5.67. The first-order valence-electron chi connectivity index (χ1n) is 6.33. The molecule has 0 bridgehead atoms. The zero-order valence-electron chi connectivity index (χ0n) is 11.7. The average Bonchev–Trinajstić information content (AvgIpc) is 2.39. The van der Waals surface area contributed by atoms with Gasteiger partial charge in [-0.15, -0.1) is 0 Å². The van der Waals surface area contributed by atoms with Crippen LogP contribution in [0.1, 0.15) is 25.8 Å². The standard InChI is InChI=1S/C14H16FN3O3/c1-8(2)5-12(13(19)20)18-14(21)17-10-3-4-11(15)9(6-10)7-16/h3-4,6,8,12H,5H2,1-2H3,(H,19,20)(H2,17,18,21). The van der Waals surface area contributed by atoms with E-state index in [1.54, 1.807) is 6.07 Å². The first kappa shape index (κ1) is 16.4. The lowest BCUT2D eigenvalue weighted by Gasteiger charge is -2.17. The Morgan fingerprint density at radius 2 is 2.10 bits per heavy atom. The fourth-order valence-corrected chi connectivity index (χ4v) is 1.71. The first-order valence-corrected chi connectivity index (χ1v) is 6.33. The van der Waals surface area contributed by atoms with Gasteiger partial charge in [0.1, 0.15) is 17.9 Å². The highest BCUT2D eigenvalue weighted by atomic mass is 19.1. The van der Waals surface area contributed by atoms with E-state index in [0.717, 1.165) is 6.07 Å². The van der Waals surface area contributed by atoms with Crippen molar-refractivity contribution in [2.75, 3.05) is 5.32 Å². The van der Waals surface area contributed by atoms with E-state index in [9.17, 15) is 14.0 Å². The molecule has 1 unspecified atom stereocenters. The minimum Gasteiger partial charge on any atom is -0.480 e. The number of rotatable bonds is 5. The molecule has 0 aliphatic rings. The Morgan fingerprint density at radius 1 is 1.43 bits per heavy atom. The van der Waals surface area contributed by atoms with Gasteiger partial charge in [0.2, 0.25) is 0 Å². The SMILES string of the molecule is CC(C)CC(NC(=O)Nc1ccc(F)c(C#N)c1)C(=O)O. The molecule has 2 amide bonds. The molecule has 0 heterocycles. The van der Waals surface area contributed by atoms with Crippen LogP contribution in [0.2, 0.25) is 0 Å². The van der Waals surface area contributed by atoms with Crippen molar-refractivity contribution < 1.29 is 19.1 Å². The van der Waals surface area contributed by atoms with Crippen LogP contribution in [0, 0.1) is 23.1 Å². The van der Waals surface area contributed by atoms with Crippen molar-refractivity contribution >= 4 is 17.7 Å². The van der Waals surface area contributed by atoms with Gasteiger partial charge in [0.15, 0.2) is 0 Å². The third-order valence-electron chi connectivity index (χ3n) is 2.66. The summed E-state index contributed by atoms with van der Waals surface area (Å²) in [5.41, 5.74) is 0.00361. The van der Waals surface area contributed by atoms with Gasteiger partial charge in [0.05, 0.1) is 5.56 Å². The maximum Gasteiger partial charge on any atom is 0.326 e. The molecule has 0 spiro atoms. The van der Waals surface area contributed by atoms with Gasteiger partial charge in [0, 0.05) is 5.69 Å². The minimum atomic E-state index is -1.13. The quantitative estimate of drug-likeness (QED) is 0.775. The summed E-state index contributed by atoms with van der Waals surface area (Å²) in [5, 5.41) is 22.4. The summed E-state index contributed by atoms with van der Waals surface area (Å²) in [6.07, 6.45) is 0.287. The summed E-state index contributed by atoms with van der Waals surface area (Å²) in [4.78, 5) is 22.8. The molecule has 0 aliphatic carbocycles. The number of hydrogen-bond acceptors (Lipinski definition) is 3. The summed E-state index contributed by atoms with van der Waals surface area (Å²) in [6.45, 7) is 3.68. The highest BCUT2D eigenvalue weighted by molar-refractivity contribution is 5.92. The Morgan fingerprint density at radius 3 is 2.62 bits per heavy atom. The Balaban J connectivity index is 2.72. The predicted molar refractivity (Wildman–Crippen MR) is 74.1 cm³/mol. The van der Waals surface area contributed by atoms with E-state index in [0.29, 0.717) is 0 Å². The molecule has 1 aromatic carbocycles. The van der Waals surface area contributed by atoms with Crippen molar-refractivity contribution in [2.24, 2.45) is 5.92 Å². The molecule has 0 saturated heterocycles. The van der Waals surface area contributed by atoms with Crippen LogP contribution in [0.25, 0.3) is 0 Å². The highest BCUT2D eigenvalue weighted by Gasteiger charge is 2.21. The summed E-state index contributed by atoms with van der Waals surface area (Å²) in [7, 11) is 0. The van der Waals surface area contributed by atoms with Crippen molar-refractivity contribution in [1.29, 1.82) is 5.26 Å². The van der Waals surface area contributed by atoms with Crippen molar-refractivity contribution in [2.45, 2.75) is 26.3 Å². The van der Waals surface area contributed by atoms with Gasteiger partial charge in [-0.2, -0.15) is 5.26 Å². The van der Waals surface area contributed by atoms with Crippen LogP contribution in [-0.4, -0.2) is 23.1 Å². The third kappa shape index (κ3) is 5.10. The number of halogens is 1. The van der Waals surface area contributed by atoms with Gasteiger partial charge in [-0.05, 0) is 30.5 Å². The molecule has 7 heteroatoms. The molecule has 112 valence electrons. The number of nitrogens with one attached hydrogen (secondary N) is 2. The van der Waals surface area contributed by atoms with Gasteiger partial charge in [0.25, 0.3) is 0 Å². The predicted octanol–water partition coefficient (Wildman–Crippen LogP) is 2.32. The monoisotopic (exact) mass is 293 g/mol. The molecule has 0 aliphatic heterocycles. The molecule has 0 aromatic heterocycles. The fourth-order valence-electron chi connectivity index (χ4n) is 1.71. The second-order valence-corrected chi connectivity index (χ2v) is 4.93. The summed E-state index contributed by atoms with van der Waals surface area (Å²) < 4.78 is 13.1. The Labute approximate surface area is 121 Å². The number of nitrogens with zero attached hydrogens (tertiary/aromatic N) is 1. The van der Waals surface area contributed by atoms with Crippen molar-refractivity contribution in [3.05, 3.63) is 29.6 Å². The topological polar surface area (TPSA) is 102 Å². The second-order valence-electron chi connectivity index (χ2n) is 4.93. The van der Waals surface area contributed by atoms with E-state index in [1.807, 2.05) is 13.8 Å². The lowest BCUT2D eigenvalue weighted by molar-refractivity contribution is -0.139. The number of carbonyl (C=O) groups is 2. The molecule has 6 nitrogen and oxygen atoms in total. The van der Waals surface area contributed by atoms with Crippen LogP contribution in [-0.2, 0) is 4.79 Å². The number of amides is 2. The molecule has 1 atom stereocenters. The molecular formula is C14H16FN3O3. The molecule has 21 heavy (non-hydrogen) atoms. The maximum atomic E-state index is 13.1. The molecule has 3 N–H and O–H groups in total. The number of nitriles is 1. The minimum absolute atomic E-state index is 0.0995. The summed E-state index contributed by atoms with van der Waals surface area (Å²) >= 11 is 0. The first-order chi connectivity index (χ1) is 9.83. The lowest BCUT2D eigenvalue weighted by Crippen LogP contribution is -2.43. The number of carboxylic acids is 1. The molecule has 1 rings (SSSR count). The smallest absolute Gasteiger partial charge is 0.326 e.